The second kappa shape index (κ2) is 6.23. The van der Waals surface area contributed by atoms with E-state index in [4.69, 9.17) is 11.5 Å². The minimum Gasteiger partial charge on any atom is -0.343 e. The van der Waals surface area contributed by atoms with E-state index >= 15 is 0 Å². The van der Waals surface area contributed by atoms with Gasteiger partial charge < -0.3 is 4.90 Å². The molecule has 0 saturated heterocycles. The van der Waals surface area contributed by atoms with E-state index in [1.807, 2.05) is 14.0 Å². The minimum atomic E-state index is 0.0929. The van der Waals surface area contributed by atoms with Gasteiger partial charge in [-0.3, -0.25) is 21.3 Å². The lowest BCUT2D eigenvalue weighted by Crippen LogP contribution is -2.78. The van der Waals surface area contributed by atoms with Gasteiger partial charge in [-0.1, -0.05) is 0 Å². The highest BCUT2D eigenvalue weighted by Crippen LogP contribution is 2.02. The molecular formula is C9H21N4O+. The lowest BCUT2D eigenvalue weighted by atomic mass is 10.1. The Kier molecular flexibility index (Phi) is 5.67. The molecule has 0 heterocycles. The zero-order valence-electron chi connectivity index (χ0n) is 9.21. The molecule has 82 valence electrons. The minimum absolute atomic E-state index is 0.0929. The number of amides is 1. The van der Waals surface area contributed by atoms with E-state index in [1.54, 1.807) is 11.8 Å². The first-order chi connectivity index (χ1) is 6.45. The van der Waals surface area contributed by atoms with E-state index in [0.717, 1.165) is 19.4 Å². The first kappa shape index (κ1) is 12.7. The standard InChI is InChI=1S/C9H20N4O/c1-7(13(3)8(2)14)5-4-6-12-9(10)11/h7H,4-6H2,1-3H3,(H4,10,11,12)/p+1/t7-/m1/s1. The molecule has 0 bridgehead atoms. The number of guanidine groups is 1. The predicted molar refractivity (Wildman–Crippen MR) is 56.4 cm³/mol. The summed E-state index contributed by atoms with van der Waals surface area (Å²) in [4.78, 5) is 15.6. The van der Waals surface area contributed by atoms with Crippen molar-refractivity contribution in [1.29, 1.82) is 0 Å². The molecule has 5 heteroatoms. The molecule has 0 aliphatic carbocycles. The molecule has 0 saturated carbocycles. The molecule has 0 spiro atoms. The molecule has 0 aliphatic rings. The van der Waals surface area contributed by atoms with Crippen molar-refractivity contribution in [3.8, 4) is 0 Å². The first-order valence-corrected chi connectivity index (χ1v) is 4.80. The Balaban J connectivity index is 3.69. The molecule has 0 radical (unpaired) electrons. The van der Waals surface area contributed by atoms with Crippen LogP contribution in [0.2, 0.25) is 0 Å². The van der Waals surface area contributed by atoms with Gasteiger partial charge in [-0.15, -0.1) is 0 Å². The molecule has 0 fully saturated rings. The van der Waals surface area contributed by atoms with Gasteiger partial charge in [-0.25, -0.2) is 0 Å². The number of carbonyl (C=O) groups is 1. The summed E-state index contributed by atoms with van der Waals surface area (Å²) < 4.78 is 0. The summed E-state index contributed by atoms with van der Waals surface area (Å²) in [6.45, 7) is 4.34. The molecule has 14 heavy (non-hydrogen) atoms. The monoisotopic (exact) mass is 201 g/mol. The highest BCUT2D eigenvalue weighted by molar-refractivity contribution is 5.73. The fourth-order valence-corrected chi connectivity index (χ4v) is 1.13. The van der Waals surface area contributed by atoms with Gasteiger partial charge in [0.25, 0.3) is 0 Å². The zero-order valence-corrected chi connectivity index (χ0v) is 9.21. The van der Waals surface area contributed by atoms with Crippen molar-refractivity contribution < 1.29 is 9.79 Å². The summed E-state index contributed by atoms with van der Waals surface area (Å²) in [7, 11) is 1.81. The average Bonchev–Trinajstić information content (AvgIpc) is 2.10. The van der Waals surface area contributed by atoms with Crippen LogP contribution in [-0.4, -0.2) is 36.4 Å². The summed E-state index contributed by atoms with van der Waals surface area (Å²) in [6, 6.07) is 0.258. The Hall–Kier alpha value is -1.26. The van der Waals surface area contributed by atoms with Crippen LogP contribution in [0.15, 0.2) is 0 Å². The molecule has 5 nitrogen and oxygen atoms in total. The van der Waals surface area contributed by atoms with Gasteiger partial charge in [-0.2, -0.15) is 0 Å². The van der Waals surface area contributed by atoms with Gasteiger partial charge in [0.2, 0.25) is 5.91 Å². The summed E-state index contributed by atoms with van der Waals surface area (Å²) in [5, 5.41) is 0. The van der Waals surface area contributed by atoms with Crippen LogP contribution in [0.5, 0.6) is 0 Å². The number of nitrogens with one attached hydrogen (secondary N) is 1. The molecule has 0 aliphatic heterocycles. The van der Waals surface area contributed by atoms with Gasteiger partial charge in [0.15, 0.2) is 0 Å². The Bertz CT molecular complexity index is 211. The van der Waals surface area contributed by atoms with E-state index in [9.17, 15) is 4.79 Å². The summed E-state index contributed by atoms with van der Waals surface area (Å²) in [5.41, 5.74) is 10.5. The predicted octanol–water partition coefficient (Wildman–Crippen LogP) is -2.01. The molecule has 0 aromatic carbocycles. The molecule has 0 rings (SSSR count). The van der Waals surface area contributed by atoms with E-state index in [2.05, 4.69) is 4.99 Å². The maximum atomic E-state index is 11.0. The SMILES string of the molecule is CC(=O)N(C)[C@H](C)CCC[NH+]=C(N)N. The molecule has 5 N–H and O–H groups in total. The Labute approximate surface area is 85.2 Å². The third-order valence-corrected chi connectivity index (χ3v) is 2.29. The molecular weight excluding hydrogens is 180 g/mol. The lowest BCUT2D eigenvalue weighted by Gasteiger charge is -2.22. The smallest absolute Gasteiger partial charge is 0.338 e. The van der Waals surface area contributed by atoms with Crippen molar-refractivity contribution >= 4 is 11.9 Å². The number of hydrogen-bond donors (Lipinski definition) is 3. The van der Waals surface area contributed by atoms with E-state index in [1.165, 1.54) is 0 Å². The van der Waals surface area contributed by atoms with E-state index in [0.29, 0.717) is 0 Å². The van der Waals surface area contributed by atoms with Gasteiger partial charge >= 0.3 is 5.96 Å². The fraction of sp³-hybridized carbons (Fsp3) is 0.778. The van der Waals surface area contributed by atoms with E-state index in [-0.39, 0.29) is 17.9 Å². The van der Waals surface area contributed by atoms with Gasteiger partial charge in [0.1, 0.15) is 0 Å². The molecule has 1 amide bonds. The van der Waals surface area contributed by atoms with Crippen molar-refractivity contribution in [3.63, 3.8) is 0 Å². The normalized spacial score (nSPS) is 11.9. The maximum Gasteiger partial charge on any atom is 0.338 e. The van der Waals surface area contributed by atoms with Crippen LogP contribution < -0.4 is 16.5 Å². The van der Waals surface area contributed by atoms with Crippen LogP contribution in [0.4, 0.5) is 0 Å². The fourth-order valence-electron chi connectivity index (χ4n) is 1.13. The highest BCUT2D eigenvalue weighted by Gasteiger charge is 2.10. The average molecular weight is 201 g/mol. The van der Waals surface area contributed by atoms with Crippen molar-refractivity contribution in [3.05, 3.63) is 0 Å². The molecule has 0 aromatic rings. The first-order valence-electron chi connectivity index (χ1n) is 4.80. The van der Waals surface area contributed by atoms with Crippen LogP contribution in [0.25, 0.3) is 0 Å². The van der Waals surface area contributed by atoms with Crippen molar-refractivity contribution in [2.24, 2.45) is 11.5 Å². The van der Waals surface area contributed by atoms with Gasteiger partial charge in [0.05, 0.1) is 6.54 Å². The largest absolute Gasteiger partial charge is 0.343 e. The third kappa shape index (κ3) is 5.40. The number of rotatable bonds is 5. The number of nitrogens with zero attached hydrogens (tertiary/aromatic N) is 1. The third-order valence-electron chi connectivity index (χ3n) is 2.29. The van der Waals surface area contributed by atoms with Gasteiger partial charge in [-0.05, 0) is 19.8 Å². The Morgan fingerprint density at radius 2 is 2.07 bits per heavy atom. The second-order valence-corrected chi connectivity index (χ2v) is 3.50. The van der Waals surface area contributed by atoms with Crippen LogP contribution in [0.3, 0.4) is 0 Å². The quantitative estimate of drug-likeness (QED) is 0.273. The summed E-state index contributed by atoms with van der Waals surface area (Å²) in [6.07, 6.45) is 1.88. The number of hydrogen-bond acceptors (Lipinski definition) is 1. The molecule has 0 unspecified atom stereocenters. The highest BCUT2D eigenvalue weighted by atomic mass is 16.2. The Morgan fingerprint density at radius 1 is 1.50 bits per heavy atom. The Morgan fingerprint density at radius 3 is 2.50 bits per heavy atom. The van der Waals surface area contributed by atoms with Crippen molar-refractivity contribution in [2.75, 3.05) is 13.6 Å². The van der Waals surface area contributed by atoms with Gasteiger partial charge in [0, 0.05) is 20.0 Å². The van der Waals surface area contributed by atoms with E-state index < -0.39 is 0 Å². The molecule has 1 atom stereocenters. The molecule has 0 aromatic heterocycles. The summed E-state index contributed by atoms with van der Waals surface area (Å²) >= 11 is 0. The van der Waals surface area contributed by atoms with Crippen molar-refractivity contribution in [2.45, 2.75) is 32.7 Å². The van der Waals surface area contributed by atoms with Crippen molar-refractivity contribution in [1.82, 2.24) is 4.90 Å². The van der Waals surface area contributed by atoms with Crippen LogP contribution in [-0.2, 0) is 4.79 Å². The van der Waals surface area contributed by atoms with Crippen LogP contribution in [0.1, 0.15) is 26.7 Å². The maximum absolute atomic E-state index is 11.0. The van der Waals surface area contributed by atoms with Crippen LogP contribution in [0, 0.1) is 0 Å². The summed E-state index contributed by atoms with van der Waals surface area (Å²) in [5.74, 6) is 0.341. The second-order valence-electron chi connectivity index (χ2n) is 3.50. The zero-order chi connectivity index (χ0) is 11.1. The lowest BCUT2D eigenvalue weighted by molar-refractivity contribution is -0.459. The number of carbonyl (C=O) groups excluding carboxylic acids is 1. The number of nitrogens with two attached hydrogens (primary N) is 2. The topological polar surface area (TPSA) is 86.3 Å². The van der Waals surface area contributed by atoms with Crippen LogP contribution >= 0.6 is 0 Å².